The van der Waals surface area contributed by atoms with Crippen LogP contribution in [0.25, 0.3) is 10.2 Å². The predicted octanol–water partition coefficient (Wildman–Crippen LogP) is 5.82. The molecule has 1 aromatic heterocycles. The Bertz CT molecular complexity index is 1420. The molecule has 4 aromatic rings. The van der Waals surface area contributed by atoms with E-state index in [0.717, 1.165) is 11.1 Å². The molecule has 0 aliphatic heterocycles. The molecule has 0 fully saturated rings. The molecule has 0 aliphatic rings. The number of fused-ring (bicyclic) bond motifs is 1. The van der Waals surface area contributed by atoms with Gasteiger partial charge in [0.15, 0.2) is 5.13 Å². The second-order valence-electron chi connectivity index (χ2n) is 8.17. The third kappa shape index (κ3) is 5.79. The lowest BCUT2D eigenvalue weighted by atomic mass is 9.88. The van der Waals surface area contributed by atoms with Crippen LogP contribution in [-0.2, 0) is 14.8 Å². The highest BCUT2D eigenvalue weighted by atomic mass is 32.2. The summed E-state index contributed by atoms with van der Waals surface area (Å²) >= 11 is 1.25. The van der Waals surface area contributed by atoms with E-state index < -0.39 is 10.0 Å². The van der Waals surface area contributed by atoms with Crippen LogP contribution < -0.4 is 5.32 Å². The van der Waals surface area contributed by atoms with Gasteiger partial charge in [-0.05, 0) is 29.3 Å². The number of amides is 1. The van der Waals surface area contributed by atoms with Gasteiger partial charge in [-0.3, -0.25) is 4.79 Å². The average Bonchev–Trinajstić information content (AvgIpc) is 3.29. The van der Waals surface area contributed by atoms with Gasteiger partial charge in [-0.25, -0.2) is 13.4 Å². The van der Waals surface area contributed by atoms with Crippen molar-refractivity contribution in [2.24, 2.45) is 0 Å². The van der Waals surface area contributed by atoms with Gasteiger partial charge in [0.2, 0.25) is 15.9 Å². The molecule has 6 nitrogen and oxygen atoms in total. The Hall–Kier alpha value is -3.59. The fourth-order valence-corrected chi connectivity index (χ4v) is 6.39. The minimum Gasteiger partial charge on any atom is -0.302 e. The topological polar surface area (TPSA) is 79.4 Å². The van der Waals surface area contributed by atoms with Crippen molar-refractivity contribution in [1.29, 1.82) is 0 Å². The van der Waals surface area contributed by atoms with E-state index >= 15 is 0 Å². The van der Waals surface area contributed by atoms with Gasteiger partial charge in [0.25, 0.3) is 0 Å². The Morgan fingerprint density at radius 1 is 0.944 bits per heavy atom. The minimum atomic E-state index is -3.73. The Balaban J connectivity index is 1.55. The first kappa shape index (κ1) is 25.5. The van der Waals surface area contributed by atoms with Crippen molar-refractivity contribution in [3.63, 3.8) is 0 Å². The summed E-state index contributed by atoms with van der Waals surface area (Å²) in [5.74, 6) is -0.262. The zero-order chi connectivity index (χ0) is 25.5. The lowest BCUT2D eigenvalue weighted by Crippen LogP contribution is -2.31. The van der Waals surface area contributed by atoms with E-state index in [9.17, 15) is 13.2 Å². The molecule has 8 heteroatoms. The number of nitrogens with zero attached hydrogens (tertiary/aromatic N) is 2. The summed E-state index contributed by atoms with van der Waals surface area (Å²) in [7, 11) is -3.73. The second kappa shape index (κ2) is 11.4. The Labute approximate surface area is 215 Å². The second-order valence-corrected chi connectivity index (χ2v) is 11.1. The maximum atomic E-state index is 13.1. The minimum absolute atomic E-state index is 0.0979. The summed E-state index contributed by atoms with van der Waals surface area (Å²) in [6, 6.07) is 24.6. The molecule has 36 heavy (non-hydrogen) atoms. The predicted molar refractivity (Wildman–Crippen MR) is 147 cm³/mol. The number of carbonyl (C=O) groups is 1. The molecular weight excluding hydrogens is 490 g/mol. The molecule has 1 heterocycles. The van der Waals surface area contributed by atoms with Crippen molar-refractivity contribution in [3.8, 4) is 0 Å². The number of thiazole rings is 1. The maximum Gasteiger partial charge on any atom is 0.243 e. The van der Waals surface area contributed by atoms with Crippen molar-refractivity contribution >= 4 is 42.6 Å². The van der Waals surface area contributed by atoms with Crippen molar-refractivity contribution in [2.75, 3.05) is 18.4 Å². The number of anilines is 1. The summed E-state index contributed by atoms with van der Waals surface area (Å²) < 4.78 is 28.1. The molecule has 4 rings (SSSR count). The number of sulfonamides is 1. The van der Waals surface area contributed by atoms with E-state index in [-0.39, 0.29) is 36.2 Å². The Kier molecular flexibility index (Phi) is 8.10. The summed E-state index contributed by atoms with van der Waals surface area (Å²) in [6.07, 6.45) is 3.33. The molecule has 0 spiro atoms. The fraction of sp³-hybridized carbons (Fsp3) is 0.143. The summed E-state index contributed by atoms with van der Waals surface area (Å²) in [5, 5.41) is 3.33. The summed E-state index contributed by atoms with van der Waals surface area (Å²) in [6.45, 7) is 7.64. The van der Waals surface area contributed by atoms with E-state index in [1.165, 1.54) is 33.9 Å². The van der Waals surface area contributed by atoms with E-state index in [1.54, 1.807) is 12.1 Å². The first-order valence-corrected chi connectivity index (χ1v) is 13.7. The van der Waals surface area contributed by atoms with Crippen LogP contribution in [0, 0.1) is 0 Å². The zero-order valence-electron chi connectivity index (χ0n) is 19.7. The number of aromatic nitrogens is 1. The summed E-state index contributed by atoms with van der Waals surface area (Å²) in [4.78, 5) is 17.7. The molecule has 0 saturated heterocycles. The monoisotopic (exact) mass is 517 g/mol. The van der Waals surface area contributed by atoms with Gasteiger partial charge >= 0.3 is 0 Å². The molecule has 184 valence electrons. The zero-order valence-corrected chi connectivity index (χ0v) is 21.3. The van der Waals surface area contributed by atoms with Crippen LogP contribution in [0.15, 0.2) is 109 Å². The standard InChI is InChI=1S/C28H27N3O3S2/c1-3-17-31(18-4-2)36(33,34)23-15-16-25-26(19-23)35-28(29-25)30-27(32)20-24(21-11-7-5-8-12-21)22-13-9-6-10-14-22/h3-16,19,24H,1-2,17-18,20H2,(H,29,30,32). The van der Waals surface area contributed by atoms with E-state index in [1.807, 2.05) is 60.7 Å². The average molecular weight is 518 g/mol. The smallest absolute Gasteiger partial charge is 0.243 e. The molecule has 0 atom stereocenters. The van der Waals surface area contributed by atoms with E-state index in [2.05, 4.69) is 23.5 Å². The van der Waals surface area contributed by atoms with Crippen LogP contribution in [0.2, 0.25) is 0 Å². The van der Waals surface area contributed by atoms with Crippen LogP contribution in [-0.4, -0.2) is 36.7 Å². The van der Waals surface area contributed by atoms with Gasteiger partial charge in [-0.1, -0.05) is 84.2 Å². The third-order valence-electron chi connectivity index (χ3n) is 5.70. The lowest BCUT2D eigenvalue weighted by molar-refractivity contribution is -0.116. The van der Waals surface area contributed by atoms with Crippen molar-refractivity contribution in [3.05, 3.63) is 115 Å². The molecule has 0 aliphatic carbocycles. The van der Waals surface area contributed by atoms with Crippen LogP contribution >= 0.6 is 11.3 Å². The van der Waals surface area contributed by atoms with Crippen molar-refractivity contribution in [2.45, 2.75) is 17.2 Å². The van der Waals surface area contributed by atoms with Gasteiger partial charge in [-0.15, -0.1) is 13.2 Å². The van der Waals surface area contributed by atoms with Gasteiger partial charge < -0.3 is 5.32 Å². The molecule has 0 bridgehead atoms. The first-order valence-electron chi connectivity index (χ1n) is 11.4. The highest BCUT2D eigenvalue weighted by molar-refractivity contribution is 7.89. The summed E-state index contributed by atoms with van der Waals surface area (Å²) in [5.41, 5.74) is 2.74. The SMILES string of the molecule is C=CCN(CC=C)S(=O)(=O)c1ccc2nc(NC(=O)CC(c3ccccc3)c3ccccc3)sc2c1. The molecule has 0 saturated carbocycles. The van der Waals surface area contributed by atoms with Gasteiger partial charge in [0.05, 0.1) is 15.1 Å². The Morgan fingerprint density at radius 2 is 1.53 bits per heavy atom. The van der Waals surface area contributed by atoms with Gasteiger partial charge in [0.1, 0.15) is 0 Å². The number of nitrogens with one attached hydrogen (secondary N) is 1. The highest BCUT2D eigenvalue weighted by Crippen LogP contribution is 2.31. The molecule has 1 amide bonds. The van der Waals surface area contributed by atoms with Crippen LogP contribution in [0.1, 0.15) is 23.5 Å². The normalized spacial score (nSPS) is 11.6. The Morgan fingerprint density at radius 3 is 2.08 bits per heavy atom. The first-order chi connectivity index (χ1) is 17.4. The van der Waals surface area contributed by atoms with E-state index in [4.69, 9.17) is 0 Å². The van der Waals surface area contributed by atoms with Crippen molar-refractivity contribution < 1.29 is 13.2 Å². The van der Waals surface area contributed by atoms with Gasteiger partial charge in [0, 0.05) is 25.4 Å². The van der Waals surface area contributed by atoms with Crippen LogP contribution in [0.5, 0.6) is 0 Å². The van der Waals surface area contributed by atoms with Crippen molar-refractivity contribution in [1.82, 2.24) is 9.29 Å². The highest BCUT2D eigenvalue weighted by Gasteiger charge is 2.24. The van der Waals surface area contributed by atoms with Crippen LogP contribution in [0.4, 0.5) is 5.13 Å². The number of carbonyl (C=O) groups excluding carboxylic acids is 1. The lowest BCUT2D eigenvalue weighted by Gasteiger charge is -2.18. The molecule has 0 unspecified atom stereocenters. The number of rotatable bonds is 11. The molecular formula is C28H27N3O3S2. The largest absolute Gasteiger partial charge is 0.302 e. The van der Waals surface area contributed by atoms with Gasteiger partial charge in [-0.2, -0.15) is 4.31 Å². The number of hydrogen-bond donors (Lipinski definition) is 1. The number of hydrogen-bond acceptors (Lipinski definition) is 5. The maximum absolute atomic E-state index is 13.1. The number of benzene rings is 3. The third-order valence-corrected chi connectivity index (χ3v) is 8.46. The fourth-order valence-electron chi connectivity index (χ4n) is 3.98. The molecule has 3 aromatic carbocycles. The molecule has 1 N–H and O–H groups in total. The molecule has 0 radical (unpaired) electrons. The van der Waals surface area contributed by atoms with Crippen LogP contribution in [0.3, 0.4) is 0 Å². The van der Waals surface area contributed by atoms with E-state index in [0.29, 0.717) is 15.3 Å². The quantitative estimate of drug-likeness (QED) is 0.254.